The summed E-state index contributed by atoms with van der Waals surface area (Å²) in [7, 11) is 0. The summed E-state index contributed by atoms with van der Waals surface area (Å²) in [5, 5.41) is 29.4. The summed E-state index contributed by atoms with van der Waals surface area (Å²) in [6, 6.07) is 8.76. The Labute approximate surface area is 156 Å². The van der Waals surface area contributed by atoms with Gasteiger partial charge in [-0.05, 0) is 18.4 Å². The molecule has 1 aliphatic heterocycles. The molecule has 0 radical (unpaired) electrons. The van der Waals surface area contributed by atoms with Crippen molar-refractivity contribution in [1.29, 1.82) is 0 Å². The lowest BCUT2D eigenvalue weighted by atomic mass is 9.92. The van der Waals surface area contributed by atoms with E-state index >= 15 is 0 Å². The molecule has 0 aliphatic carbocycles. The molecule has 3 N–H and O–H groups in total. The van der Waals surface area contributed by atoms with Crippen molar-refractivity contribution in [1.82, 2.24) is 20.3 Å². The molecule has 140 valence electrons. The van der Waals surface area contributed by atoms with Crippen LogP contribution in [-0.2, 0) is 22.4 Å². The fraction of sp³-hybridized carbons (Fsp3) is 0.412. The predicted molar refractivity (Wildman–Crippen MR) is 95.3 cm³/mol. The first-order valence-corrected chi connectivity index (χ1v) is 8.17. The van der Waals surface area contributed by atoms with E-state index in [4.69, 9.17) is 5.11 Å². The third-order valence-electron chi connectivity index (χ3n) is 4.62. The monoisotopic (exact) mass is 380 g/mol. The fourth-order valence-electron chi connectivity index (χ4n) is 3.41. The van der Waals surface area contributed by atoms with Gasteiger partial charge in [-0.15, -0.1) is 17.5 Å². The smallest absolute Gasteiger partial charge is 0.321 e. The SMILES string of the molecule is Cl.O=C(O)C[C@@H]1[C@@H](C(=O)O)NC[C@@H]1n1nncc1CCc1ccccc1. The van der Waals surface area contributed by atoms with Gasteiger partial charge in [0.25, 0.3) is 0 Å². The van der Waals surface area contributed by atoms with Gasteiger partial charge in [-0.25, -0.2) is 4.68 Å². The van der Waals surface area contributed by atoms with E-state index in [1.165, 1.54) is 5.56 Å². The van der Waals surface area contributed by atoms with Gasteiger partial charge in [-0.1, -0.05) is 35.5 Å². The Morgan fingerprint density at radius 1 is 1.19 bits per heavy atom. The van der Waals surface area contributed by atoms with Crippen LogP contribution in [0.4, 0.5) is 0 Å². The van der Waals surface area contributed by atoms with Crippen LogP contribution in [0.1, 0.15) is 23.7 Å². The van der Waals surface area contributed by atoms with Crippen molar-refractivity contribution < 1.29 is 19.8 Å². The number of nitrogens with one attached hydrogen (secondary N) is 1. The fourth-order valence-corrected chi connectivity index (χ4v) is 3.41. The maximum absolute atomic E-state index is 11.4. The molecule has 26 heavy (non-hydrogen) atoms. The van der Waals surface area contributed by atoms with E-state index in [0.717, 1.165) is 12.1 Å². The molecule has 8 nitrogen and oxygen atoms in total. The lowest BCUT2D eigenvalue weighted by molar-refractivity contribution is -0.142. The molecule has 1 aromatic carbocycles. The highest BCUT2D eigenvalue weighted by Crippen LogP contribution is 2.31. The van der Waals surface area contributed by atoms with Crippen LogP contribution < -0.4 is 5.32 Å². The second kappa shape index (κ2) is 8.77. The molecular weight excluding hydrogens is 360 g/mol. The third kappa shape index (κ3) is 4.39. The molecule has 2 heterocycles. The number of carbonyl (C=O) groups is 2. The number of halogens is 1. The molecule has 0 unspecified atom stereocenters. The zero-order valence-corrected chi connectivity index (χ0v) is 14.8. The first-order valence-electron chi connectivity index (χ1n) is 8.17. The summed E-state index contributed by atoms with van der Waals surface area (Å²) >= 11 is 0. The van der Waals surface area contributed by atoms with E-state index in [-0.39, 0.29) is 24.9 Å². The van der Waals surface area contributed by atoms with Gasteiger partial charge in [0.2, 0.25) is 0 Å². The number of hydrogen-bond acceptors (Lipinski definition) is 5. The Morgan fingerprint density at radius 2 is 1.92 bits per heavy atom. The van der Waals surface area contributed by atoms with Crippen molar-refractivity contribution in [2.24, 2.45) is 5.92 Å². The van der Waals surface area contributed by atoms with Gasteiger partial charge in [-0.3, -0.25) is 9.59 Å². The summed E-state index contributed by atoms with van der Waals surface area (Å²) in [4.78, 5) is 22.6. The second-order valence-corrected chi connectivity index (χ2v) is 6.21. The molecule has 0 bridgehead atoms. The van der Waals surface area contributed by atoms with Crippen LogP contribution >= 0.6 is 12.4 Å². The summed E-state index contributed by atoms with van der Waals surface area (Å²) < 4.78 is 1.69. The lowest BCUT2D eigenvalue weighted by Crippen LogP contribution is -2.37. The zero-order chi connectivity index (χ0) is 17.8. The molecule has 1 saturated heterocycles. The summed E-state index contributed by atoms with van der Waals surface area (Å²) in [6.45, 7) is 0.358. The van der Waals surface area contributed by atoms with Gasteiger partial charge in [0.1, 0.15) is 6.04 Å². The number of aromatic nitrogens is 3. The zero-order valence-electron chi connectivity index (χ0n) is 14.0. The lowest BCUT2D eigenvalue weighted by Gasteiger charge is -2.21. The van der Waals surface area contributed by atoms with Crippen molar-refractivity contribution in [2.45, 2.75) is 31.3 Å². The largest absolute Gasteiger partial charge is 0.481 e. The van der Waals surface area contributed by atoms with Crippen molar-refractivity contribution in [3.05, 3.63) is 47.8 Å². The topological polar surface area (TPSA) is 117 Å². The molecule has 0 saturated carbocycles. The van der Waals surface area contributed by atoms with E-state index in [1.54, 1.807) is 10.9 Å². The highest BCUT2D eigenvalue weighted by atomic mass is 35.5. The van der Waals surface area contributed by atoms with Crippen molar-refractivity contribution in [3.8, 4) is 0 Å². The molecule has 3 atom stereocenters. The summed E-state index contributed by atoms with van der Waals surface area (Å²) in [5.41, 5.74) is 2.06. The Hall–Kier alpha value is -2.45. The van der Waals surface area contributed by atoms with Gasteiger partial charge in [0, 0.05) is 12.5 Å². The number of carboxylic acid groups (broad SMARTS) is 2. The third-order valence-corrected chi connectivity index (χ3v) is 4.62. The molecule has 1 aliphatic rings. The summed E-state index contributed by atoms with van der Waals surface area (Å²) in [5.74, 6) is -2.64. The number of aryl methyl sites for hydroxylation is 2. The Bertz CT molecular complexity index is 752. The van der Waals surface area contributed by atoms with E-state index < -0.39 is 23.9 Å². The molecular formula is C17H21ClN4O4. The van der Waals surface area contributed by atoms with Crippen molar-refractivity contribution >= 4 is 24.3 Å². The first kappa shape index (κ1) is 19.9. The summed E-state index contributed by atoms with van der Waals surface area (Å²) in [6.07, 6.45) is 2.94. The Morgan fingerprint density at radius 3 is 2.58 bits per heavy atom. The van der Waals surface area contributed by atoms with Crippen molar-refractivity contribution in [2.75, 3.05) is 6.54 Å². The van der Waals surface area contributed by atoms with E-state index in [0.29, 0.717) is 13.0 Å². The van der Waals surface area contributed by atoms with Crippen LogP contribution in [0.5, 0.6) is 0 Å². The Balaban J connectivity index is 0.00000243. The van der Waals surface area contributed by atoms with Gasteiger partial charge >= 0.3 is 11.9 Å². The van der Waals surface area contributed by atoms with Gasteiger partial charge < -0.3 is 15.5 Å². The average Bonchev–Trinajstić information content (AvgIpc) is 3.19. The minimum absolute atomic E-state index is 0. The van der Waals surface area contributed by atoms with Gasteiger partial charge in [0.15, 0.2) is 0 Å². The predicted octanol–water partition coefficient (Wildman–Crippen LogP) is 1.17. The number of rotatable bonds is 7. The van der Waals surface area contributed by atoms with E-state index in [2.05, 4.69) is 15.6 Å². The van der Waals surface area contributed by atoms with Gasteiger partial charge in [0.05, 0.1) is 24.4 Å². The highest BCUT2D eigenvalue weighted by molar-refractivity contribution is 5.85. The molecule has 0 spiro atoms. The molecule has 1 aromatic heterocycles. The number of carboxylic acids is 2. The standard InChI is InChI=1S/C17H20N4O4.ClH/c22-15(23)8-13-14(10-18-16(13)17(24)25)21-12(9-19-20-21)7-6-11-4-2-1-3-5-11;/h1-5,9,13-14,16,18H,6-8,10H2,(H,22,23)(H,24,25);1H/t13-,14-,16-;/m0./s1. The van der Waals surface area contributed by atoms with Gasteiger partial charge in [-0.2, -0.15) is 0 Å². The van der Waals surface area contributed by atoms with Crippen LogP contribution in [0.2, 0.25) is 0 Å². The molecule has 3 rings (SSSR count). The number of nitrogens with zero attached hydrogens (tertiary/aromatic N) is 3. The number of hydrogen-bond donors (Lipinski definition) is 3. The van der Waals surface area contributed by atoms with Crippen LogP contribution in [0.3, 0.4) is 0 Å². The minimum Gasteiger partial charge on any atom is -0.481 e. The normalized spacial score (nSPS) is 21.9. The van der Waals surface area contributed by atoms with Crippen LogP contribution in [0, 0.1) is 5.92 Å². The molecule has 9 heteroatoms. The van der Waals surface area contributed by atoms with E-state index in [1.807, 2.05) is 30.3 Å². The average molecular weight is 381 g/mol. The van der Waals surface area contributed by atoms with Crippen LogP contribution in [-0.4, -0.2) is 49.7 Å². The Kier molecular flexibility index (Phi) is 6.70. The van der Waals surface area contributed by atoms with Crippen LogP contribution in [0.15, 0.2) is 36.5 Å². The quantitative estimate of drug-likeness (QED) is 0.660. The highest BCUT2D eigenvalue weighted by Gasteiger charge is 2.43. The first-order chi connectivity index (χ1) is 12.1. The maximum atomic E-state index is 11.4. The molecule has 1 fully saturated rings. The maximum Gasteiger partial charge on any atom is 0.321 e. The van der Waals surface area contributed by atoms with Crippen molar-refractivity contribution in [3.63, 3.8) is 0 Å². The van der Waals surface area contributed by atoms with E-state index in [9.17, 15) is 14.7 Å². The van der Waals surface area contributed by atoms with Crippen LogP contribution in [0.25, 0.3) is 0 Å². The second-order valence-electron chi connectivity index (χ2n) is 6.21. The number of aliphatic carboxylic acids is 2. The molecule has 2 aromatic rings. The number of benzene rings is 1. The minimum atomic E-state index is -1.04. The molecule has 0 amide bonds.